The van der Waals surface area contributed by atoms with Crippen LogP contribution >= 0.6 is 0 Å². The van der Waals surface area contributed by atoms with Crippen LogP contribution in [0.4, 0.5) is 0 Å². The maximum atomic E-state index is 12.1. The molecule has 3 heteroatoms. The van der Waals surface area contributed by atoms with Crippen LogP contribution in [0, 0.1) is 11.8 Å². The van der Waals surface area contributed by atoms with Gasteiger partial charge in [0.25, 0.3) is 0 Å². The first-order valence-electron chi connectivity index (χ1n) is 7.72. The van der Waals surface area contributed by atoms with Gasteiger partial charge in [-0.3, -0.25) is 4.79 Å². The predicted molar refractivity (Wildman–Crippen MR) is 76.2 cm³/mol. The molecule has 0 aliphatic heterocycles. The van der Waals surface area contributed by atoms with Gasteiger partial charge in [-0.1, -0.05) is 39.5 Å². The summed E-state index contributed by atoms with van der Waals surface area (Å²) in [7, 11) is 0. The van der Waals surface area contributed by atoms with E-state index >= 15 is 0 Å². The lowest BCUT2D eigenvalue weighted by Gasteiger charge is -2.29. The van der Waals surface area contributed by atoms with Crippen molar-refractivity contribution < 1.29 is 4.79 Å². The number of nitrogens with two attached hydrogens (primary N) is 1. The highest BCUT2D eigenvalue weighted by molar-refractivity contribution is 5.78. The van der Waals surface area contributed by atoms with E-state index in [1.165, 1.54) is 19.3 Å². The van der Waals surface area contributed by atoms with Crippen LogP contribution < -0.4 is 11.1 Å². The van der Waals surface area contributed by atoms with Gasteiger partial charge in [0.1, 0.15) is 0 Å². The third kappa shape index (κ3) is 4.97. The molecule has 0 radical (unpaired) electrons. The molecule has 18 heavy (non-hydrogen) atoms. The largest absolute Gasteiger partial charge is 0.356 e. The van der Waals surface area contributed by atoms with Crippen LogP contribution in [0.25, 0.3) is 0 Å². The summed E-state index contributed by atoms with van der Waals surface area (Å²) < 4.78 is 0. The topological polar surface area (TPSA) is 55.1 Å². The number of hydrogen-bond acceptors (Lipinski definition) is 2. The zero-order valence-electron chi connectivity index (χ0n) is 12.1. The van der Waals surface area contributed by atoms with E-state index in [-0.39, 0.29) is 17.9 Å². The van der Waals surface area contributed by atoms with Crippen LogP contribution in [-0.4, -0.2) is 18.5 Å². The maximum Gasteiger partial charge on any atom is 0.223 e. The van der Waals surface area contributed by atoms with Gasteiger partial charge in [-0.25, -0.2) is 0 Å². The molecule has 0 aromatic heterocycles. The quantitative estimate of drug-likeness (QED) is 0.734. The van der Waals surface area contributed by atoms with Crippen molar-refractivity contribution in [3.63, 3.8) is 0 Å². The Morgan fingerprint density at radius 2 is 1.83 bits per heavy atom. The molecule has 0 bridgehead atoms. The molecule has 0 spiro atoms. The Kier molecular flexibility index (Phi) is 7.33. The number of carbonyl (C=O) groups is 1. The van der Waals surface area contributed by atoms with Crippen LogP contribution in [0.2, 0.25) is 0 Å². The number of carbonyl (C=O) groups excluding carboxylic acids is 1. The molecular formula is C15H30N2O. The highest BCUT2D eigenvalue weighted by atomic mass is 16.1. The van der Waals surface area contributed by atoms with Crippen molar-refractivity contribution in [2.45, 2.75) is 71.3 Å². The maximum absolute atomic E-state index is 12.1. The van der Waals surface area contributed by atoms with Gasteiger partial charge in [0.2, 0.25) is 5.91 Å². The van der Waals surface area contributed by atoms with Crippen LogP contribution in [-0.2, 0) is 4.79 Å². The molecule has 0 heterocycles. The van der Waals surface area contributed by atoms with Crippen molar-refractivity contribution in [2.24, 2.45) is 17.6 Å². The van der Waals surface area contributed by atoms with Gasteiger partial charge >= 0.3 is 0 Å². The first-order valence-corrected chi connectivity index (χ1v) is 7.72. The third-order valence-corrected chi connectivity index (χ3v) is 4.15. The Hall–Kier alpha value is -0.570. The van der Waals surface area contributed by atoms with E-state index in [4.69, 9.17) is 5.73 Å². The molecule has 0 aromatic rings. The summed E-state index contributed by atoms with van der Waals surface area (Å²) in [6, 6.07) is 0.287. The monoisotopic (exact) mass is 254 g/mol. The molecule has 1 aliphatic rings. The summed E-state index contributed by atoms with van der Waals surface area (Å²) >= 11 is 0. The van der Waals surface area contributed by atoms with Crippen molar-refractivity contribution in [3.05, 3.63) is 0 Å². The minimum atomic E-state index is 0.208. The van der Waals surface area contributed by atoms with E-state index in [0.717, 1.165) is 38.6 Å². The minimum Gasteiger partial charge on any atom is -0.356 e. The van der Waals surface area contributed by atoms with Gasteiger partial charge in [-0.2, -0.15) is 0 Å². The number of hydrogen-bond donors (Lipinski definition) is 2. The molecule has 3 nitrogen and oxygen atoms in total. The fourth-order valence-corrected chi connectivity index (χ4v) is 2.97. The molecule has 1 aliphatic carbocycles. The highest BCUT2D eigenvalue weighted by Gasteiger charge is 2.23. The summed E-state index contributed by atoms with van der Waals surface area (Å²) in [5.41, 5.74) is 6.11. The van der Waals surface area contributed by atoms with Crippen molar-refractivity contribution in [2.75, 3.05) is 6.54 Å². The van der Waals surface area contributed by atoms with Crippen molar-refractivity contribution >= 4 is 5.91 Å². The summed E-state index contributed by atoms with van der Waals surface area (Å²) in [5, 5.41) is 3.13. The van der Waals surface area contributed by atoms with Crippen LogP contribution in [0.15, 0.2) is 0 Å². The van der Waals surface area contributed by atoms with Crippen LogP contribution in [0.1, 0.15) is 65.2 Å². The summed E-state index contributed by atoms with van der Waals surface area (Å²) in [5.74, 6) is 0.947. The van der Waals surface area contributed by atoms with E-state index in [0.29, 0.717) is 5.92 Å². The normalized spacial score (nSPS) is 24.2. The van der Waals surface area contributed by atoms with Gasteiger partial charge in [0, 0.05) is 18.5 Å². The molecule has 1 fully saturated rings. The molecule has 1 saturated carbocycles. The second kappa shape index (κ2) is 8.52. The molecular weight excluding hydrogens is 224 g/mol. The van der Waals surface area contributed by atoms with Crippen LogP contribution in [0.5, 0.6) is 0 Å². The third-order valence-electron chi connectivity index (χ3n) is 4.15. The van der Waals surface area contributed by atoms with Gasteiger partial charge < -0.3 is 11.1 Å². The van der Waals surface area contributed by atoms with Crippen LogP contribution in [0.3, 0.4) is 0 Å². The lowest BCUT2D eigenvalue weighted by Crippen LogP contribution is -2.42. The lowest BCUT2D eigenvalue weighted by molar-refractivity contribution is -0.125. The number of nitrogens with one attached hydrogen (secondary N) is 1. The van der Waals surface area contributed by atoms with Crippen molar-refractivity contribution in [1.82, 2.24) is 5.32 Å². The average molecular weight is 254 g/mol. The highest BCUT2D eigenvalue weighted by Crippen LogP contribution is 2.22. The Morgan fingerprint density at radius 1 is 1.22 bits per heavy atom. The zero-order valence-corrected chi connectivity index (χ0v) is 12.1. The smallest absolute Gasteiger partial charge is 0.223 e. The van der Waals surface area contributed by atoms with Crippen molar-refractivity contribution in [1.29, 1.82) is 0 Å². The first-order chi connectivity index (χ1) is 8.69. The van der Waals surface area contributed by atoms with Gasteiger partial charge in [-0.15, -0.1) is 0 Å². The fraction of sp³-hybridized carbons (Fsp3) is 0.933. The Morgan fingerprint density at radius 3 is 2.39 bits per heavy atom. The van der Waals surface area contributed by atoms with Gasteiger partial charge in [-0.05, 0) is 31.6 Å². The Bertz CT molecular complexity index is 237. The zero-order chi connectivity index (χ0) is 13.4. The van der Waals surface area contributed by atoms with Gasteiger partial charge in [0.15, 0.2) is 0 Å². The summed E-state index contributed by atoms with van der Waals surface area (Å²) in [6.07, 6.45) is 9.00. The molecule has 1 rings (SSSR count). The lowest BCUT2D eigenvalue weighted by atomic mass is 9.85. The molecule has 0 saturated heterocycles. The Balaban J connectivity index is 2.33. The van der Waals surface area contributed by atoms with E-state index in [1.807, 2.05) is 0 Å². The predicted octanol–water partition coefficient (Wildman–Crippen LogP) is 2.84. The van der Waals surface area contributed by atoms with Crippen molar-refractivity contribution in [3.8, 4) is 0 Å². The molecule has 2 unspecified atom stereocenters. The molecule has 1 amide bonds. The van der Waals surface area contributed by atoms with E-state index < -0.39 is 0 Å². The van der Waals surface area contributed by atoms with E-state index in [9.17, 15) is 4.79 Å². The van der Waals surface area contributed by atoms with E-state index in [1.54, 1.807) is 0 Å². The second-order valence-corrected chi connectivity index (χ2v) is 5.73. The molecule has 3 N–H and O–H groups in total. The molecule has 106 valence electrons. The molecule has 2 atom stereocenters. The fourth-order valence-electron chi connectivity index (χ4n) is 2.97. The SMILES string of the molecule is CCCC(CCC)C(=O)NCC1CCCCC1N. The minimum absolute atomic E-state index is 0.208. The first kappa shape index (κ1) is 15.5. The number of amides is 1. The molecule has 0 aromatic carbocycles. The average Bonchev–Trinajstić information content (AvgIpc) is 2.37. The summed E-state index contributed by atoms with van der Waals surface area (Å²) in [4.78, 5) is 12.1. The van der Waals surface area contributed by atoms with Gasteiger partial charge in [0.05, 0.1) is 0 Å². The number of rotatable bonds is 7. The standard InChI is InChI=1S/C15H30N2O/c1-3-7-12(8-4-2)15(18)17-11-13-9-5-6-10-14(13)16/h12-14H,3-11,16H2,1-2H3,(H,17,18). The second-order valence-electron chi connectivity index (χ2n) is 5.73. The summed E-state index contributed by atoms with van der Waals surface area (Å²) in [6.45, 7) is 5.07. The Labute approximate surface area is 112 Å². The van der Waals surface area contributed by atoms with E-state index in [2.05, 4.69) is 19.2 Å².